The molecule has 1 aromatic heterocycles. The normalized spacial score (nSPS) is 17.8. The first-order valence-corrected chi connectivity index (χ1v) is 6.43. The molecule has 4 heteroatoms. The van der Waals surface area contributed by atoms with E-state index in [9.17, 15) is 0 Å². The van der Waals surface area contributed by atoms with Crippen molar-refractivity contribution in [1.29, 1.82) is 0 Å². The van der Waals surface area contributed by atoms with Crippen molar-refractivity contribution in [1.82, 2.24) is 4.98 Å². The quantitative estimate of drug-likeness (QED) is 0.854. The Morgan fingerprint density at radius 2 is 2.19 bits per heavy atom. The molecule has 0 radical (unpaired) electrons. The van der Waals surface area contributed by atoms with Crippen molar-refractivity contribution in [3.8, 4) is 0 Å². The first-order chi connectivity index (χ1) is 7.79. The van der Waals surface area contributed by atoms with Crippen LogP contribution in [0.5, 0.6) is 0 Å². The molecule has 3 nitrogen and oxygen atoms in total. The summed E-state index contributed by atoms with van der Waals surface area (Å²) in [4.78, 5) is 6.59. The van der Waals surface area contributed by atoms with Gasteiger partial charge in [-0.2, -0.15) is 0 Å². The molecular weight excluding hydrogens is 268 g/mol. The number of hydrogen-bond acceptors (Lipinski definition) is 3. The fraction of sp³-hybridized carbons (Fsp3) is 0.583. The number of rotatable bonds is 3. The van der Waals surface area contributed by atoms with E-state index in [-0.39, 0.29) is 0 Å². The second-order valence-corrected chi connectivity index (χ2v) is 5.16. The molecule has 2 rings (SSSR count). The highest BCUT2D eigenvalue weighted by Crippen LogP contribution is 2.24. The lowest BCUT2D eigenvalue weighted by atomic mass is 9.97. The largest absolute Gasteiger partial charge is 0.384 e. The monoisotopic (exact) mass is 284 g/mol. The summed E-state index contributed by atoms with van der Waals surface area (Å²) < 4.78 is 6.25. The maximum absolute atomic E-state index is 5.20. The molecule has 1 saturated heterocycles. The van der Waals surface area contributed by atoms with Crippen molar-refractivity contribution < 1.29 is 4.74 Å². The minimum Gasteiger partial charge on any atom is -0.384 e. The zero-order valence-corrected chi connectivity index (χ0v) is 11.1. The molecule has 0 aliphatic carbocycles. The molecule has 16 heavy (non-hydrogen) atoms. The van der Waals surface area contributed by atoms with E-state index in [0.717, 1.165) is 30.1 Å². The van der Waals surface area contributed by atoms with Crippen LogP contribution < -0.4 is 4.90 Å². The Morgan fingerprint density at radius 1 is 1.44 bits per heavy atom. The molecule has 1 aliphatic rings. The second kappa shape index (κ2) is 5.64. The van der Waals surface area contributed by atoms with Gasteiger partial charge in [-0.25, -0.2) is 0 Å². The standard InChI is InChI=1S/C12H17BrN2O/c1-16-9-10-2-4-15(5-3-10)12-6-11(13)7-14-8-12/h6-8,10H,2-5,9H2,1H3. The van der Waals surface area contributed by atoms with Gasteiger partial charge in [0, 0.05) is 37.5 Å². The van der Waals surface area contributed by atoms with Gasteiger partial charge < -0.3 is 9.64 Å². The topological polar surface area (TPSA) is 25.4 Å². The predicted molar refractivity (Wildman–Crippen MR) is 68.8 cm³/mol. The Balaban J connectivity index is 1.94. The maximum Gasteiger partial charge on any atom is 0.0564 e. The minimum absolute atomic E-state index is 0.723. The second-order valence-electron chi connectivity index (χ2n) is 4.25. The zero-order chi connectivity index (χ0) is 11.4. The molecule has 0 bridgehead atoms. The lowest BCUT2D eigenvalue weighted by molar-refractivity contribution is 0.139. The van der Waals surface area contributed by atoms with Crippen molar-refractivity contribution >= 4 is 21.6 Å². The summed E-state index contributed by atoms with van der Waals surface area (Å²) >= 11 is 3.46. The van der Waals surface area contributed by atoms with Crippen molar-refractivity contribution in [2.45, 2.75) is 12.8 Å². The Hall–Kier alpha value is -0.610. The van der Waals surface area contributed by atoms with E-state index in [2.05, 4.69) is 31.9 Å². The summed E-state index contributed by atoms with van der Waals surface area (Å²) in [6.07, 6.45) is 6.17. The van der Waals surface area contributed by atoms with Crippen LogP contribution in [0.2, 0.25) is 0 Å². The third kappa shape index (κ3) is 2.95. The SMILES string of the molecule is COCC1CCN(c2cncc(Br)c2)CC1. The van der Waals surface area contributed by atoms with Gasteiger partial charge in [0.15, 0.2) is 0 Å². The number of pyridine rings is 1. The lowest BCUT2D eigenvalue weighted by Gasteiger charge is -2.33. The first kappa shape index (κ1) is 11.9. The van der Waals surface area contributed by atoms with E-state index >= 15 is 0 Å². The molecule has 0 amide bonds. The van der Waals surface area contributed by atoms with Crippen LogP contribution in [0.4, 0.5) is 5.69 Å². The van der Waals surface area contributed by atoms with Gasteiger partial charge in [-0.15, -0.1) is 0 Å². The van der Waals surface area contributed by atoms with Crippen LogP contribution in [0.3, 0.4) is 0 Å². The number of nitrogens with zero attached hydrogens (tertiary/aromatic N) is 2. The van der Waals surface area contributed by atoms with Crippen molar-refractivity contribution in [3.63, 3.8) is 0 Å². The van der Waals surface area contributed by atoms with Gasteiger partial charge in [0.2, 0.25) is 0 Å². The van der Waals surface area contributed by atoms with Crippen LogP contribution in [0, 0.1) is 5.92 Å². The van der Waals surface area contributed by atoms with Crippen LogP contribution in [-0.4, -0.2) is 31.8 Å². The number of halogens is 1. The Labute approximate surface area is 105 Å². The molecular formula is C12H17BrN2O. The molecule has 0 spiro atoms. The summed E-state index contributed by atoms with van der Waals surface area (Å²) in [5.41, 5.74) is 1.21. The van der Waals surface area contributed by atoms with Crippen LogP contribution >= 0.6 is 15.9 Å². The summed E-state index contributed by atoms with van der Waals surface area (Å²) in [6.45, 7) is 3.10. The van der Waals surface area contributed by atoms with Crippen molar-refractivity contribution in [3.05, 3.63) is 22.9 Å². The van der Waals surface area contributed by atoms with E-state index < -0.39 is 0 Å². The molecule has 1 aromatic rings. The van der Waals surface area contributed by atoms with Crippen LogP contribution in [0.25, 0.3) is 0 Å². The van der Waals surface area contributed by atoms with Gasteiger partial charge in [-0.05, 0) is 40.8 Å². The lowest BCUT2D eigenvalue weighted by Crippen LogP contribution is -2.35. The van der Waals surface area contributed by atoms with Gasteiger partial charge in [-0.1, -0.05) is 0 Å². The Kier molecular flexibility index (Phi) is 4.18. The smallest absolute Gasteiger partial charge is 0.0564 e. The van der Waals surface area contributed by atoms with Crippen molar-refractivity contribution in [2.24, 2.45) is 5.92 Å². The Bertz CT molecular complexity index is 338. The number of aromatic nitrogens is 1. The highest BCUT2D eigenvalue weighted by Gasteiger charge is 2.19. The van der Waals surface area contributed by atoms with E-state index in [1.807, 2.05) is 12.4 Å². The number of ether oxygens (including phenoxy) is 1. The van der Waals surface area contributed by atoms with Crippen molar-refractivity contribution in [2.75, 3.05) is 31.7 Å². The summed E-state index contributed by atoms with van der Waals surface area (Å²) in [5.74, 6) is 0.723. The predicted octanol–water partition coefficient (Wildman–Crippen LogP) is 2.71. The zero-order valence-electron chi connectivity index (χ0n) is 9.53. The van der Waals surface area contributed by atoms with E-state index in [0.29, 0.717) is 0 Å². The molecule has 2 heterocycles. The van der Waals surface area contributed by atoms with Gasteiger partial charge in [0.05, 0.1) is 11.9 Å². The Morgan fingerprint density at radius 3 is 2.81 bits per heavy atom. The third-order valence-electron chi connectivity index (χ3n) is 3.07. The third-order valence-corrected chi connectivity index (χ3v) is 3.51. The maximum atomic E-state index is 5.20. The molecule has 0 aromatic carbocycles. The van der Waals surface area contributed by atoms with Gasteiger partial charge in [-0.3, -0.25) is 4.98 Å². The van der Waals surface area contributed by atoms with Crippen LogP contribution in [-0.2, 0) is 4.74 Å². The van der Waals surface area contributed by atoms with E-state index in [1.165, 1.54) is 18.5 Å². The highest BCUT2D eigenvalue weighted by molar-refractivity contribution is 9.10. The summed E-state index contributed by atoms with van der Waals surface area (Å²) in [6, 6.07) is 2.13. The molecule has 0 atom stereocenters. The number of methoxy groups -OCH3 is 1. The number of hydrogen-bond donors (Lipinski definition) is 0. The molecule has 1 aliphatic heterocycles. The fourth-order valence-corrected chi connectivity index (χ4v) is 2.52. The number of anilines is 1. The average Bonchev–Trinajstić information content (AvgIpc) is 2.30. The summed E-state index contributed by atoms with van der Waals surface area (Å²) in [5, 5.41) is 0. The molecule has 0 unspecified atom stereocenters. The minimum atomic E-state index is 0.723. The molecule has 0 N–H and O–H groups in total. The number of piperidine rings is 1. The van der Waals surface area contributed by atoms with Gasteiger partial charge in [0.25, 0.3) is 0 Å². The van der Waals surface area contributed by atoms with E-state index in [4.69, 9.17) is 4.74 Å². The molecule has 0 saturated carbocycles. The van der Waals surface area contributed by atoms with Crippen LogP contribution in [0.15, 0.2) is 22.9 Å². The van der Waals surface area contributed by atoms with Gasteiger partial charge in [0.1, 0.15) is 0 Å². The fourth-order valence-electron chi connectivity index (χ4n) is 2.17. The average molecular weight is 285 g/mol. The van der Waals surface area contributed by atoms with E-state index in [1.54, 1.807) is 7.11 Å². The van der Waals surface area contributed by atoms with Crippen LogP contribution in [0.1, 0.15) is 12.8 Å². The van der Waals surface area contributed by atoms with Gasteiger partial charge >= 0.3 is 0 Å². The summed E-state index contributed by atoms with van der Waals surface area (Å²) in [7, 11) is 1.78. The molecule has 88 valence electrons. The highest BCUT2D eigenvalue weighted by atomic mass is 79.9. The molecule has 1 fully saturated rings. The first-order valence-electron chi connectivity index (χ1n) is 5.64.